The standard InChI is InChI=1S/C12H19N3/c1-15-6-2-3-10-7-9(11(14)8-13)4-5-12(10)15/h4-5,7,11H,2-3,6,8,13-14H2,1H3/t11-/m0/s1. The van der Waals surface area contributed by atoms with E-state index < -0.39 is 0 Å². The second-order valence-electron chi connectivity index (χ2n) is 4.26. The predicted octanol–water partition coefficient (Wildman–Crippen LogP) is 1.03. The zero-order valence-corrected chi connectivity index (χ0v) is 9.24. The molecule has 4 N–H and O–H groups in total. The maximum atomic E-state index is 5.92. The smallest absolute Gasteiger partial charge is 0.0419 e. The van der Waals surface area contributed by atoms with E-state index in [4.69, 9.17) is 11.5 Å². The highest BCUT2D eigenvalue weighted by atomic mass is 15.1. The lowest BCUT2D eigenvalue weighted by atomic mass is 9.97. The maximum Gasteiger partial charge on any atom is 0.0419 e. The Kier molecular flexibility index (Phi) is 2.93. The summed E-state index contributed by atoms with van der Waals surface area (Å²) in [7, 11) is 2.14. The summed E-state index contributed by atoms with van der Waals surface area (Å²) in [6.45, 7) is 1.66. The fourth-order valence-electron chi connectivity index (χ4n) is 2.17. The molecule has 1 aromatic carbocycles. The molecule has 15 heavy (non-hydrogen) atoms. The Morgan fingerprint density at radius 3 is 3.00 bits per heavy atom. The largest absolute Gasteiger partial charge is 0.374 e. The van der Waals surface area contributed by atoms with Crippen LogP contribution in [0, 0.1) is 0 Å². The lowest BCUT2D eigenvalue weighted by molar-refractivity contribution is 0.719. The van der Waals surface area contributed by atoms with E-state index in [1.54, 1.807) is 0 Å². The molecule has 0 spiro atoms. The molecule has 1 aliphatic heterocycles. The van der Waals surface area contributed by atoms with E-state index in [2.05, 4.69) is 30.1 Å². The Hall–Kier alpha value is -1.06. The van der Waals surface area contributed by atoms with Crippen LogP contribution in [0.1, 0.15) is 23.6 Å². The van der Waals surface area contributed by atoms with Gasteiger partial charge in [-0.1, -0.05) is 12.1 Å². The SMILES string of the molecule is CN1CCCc2cc([C@@H](N)CN)ccc21. The van der Waals surface area contributed by atoms with Gasteiger partial charge in [0.15, 0.2) is 0 Å². The van der Waals surface area contributed by atoms with Crippen molar-refractivity contribution < 1.29 is 0 Å². The third kappa shape index (κ3) is 1.98. The highest BCUT2D eigenvalue weighted by Gasteiger charge is 2.14. The van der Waals surface area contributed by atoms with Crippen molar-refractivity contribution in [2.45, 2.75) is 18.9 Å². The Labute approximate surface area is 91.1 Å². The van der Waals surface area contributed by atoms with E-state index in [0.717, 1.165) is 18.5 Å². The molecule has 0 unspecified atom stereocenters. The fourth-order valence-corrected chi connectivity index (χ4v) is 2.17. The molecule has 0 radical (unpaired) electrons. The van der Waals surface area contributed by atoms with Gasteiger partial charge in [-0.25, -0.2) is 0 Å². The van der Waals surface area contributed by atoms with E-state index in [1.165, 1.54) is 17.7 Å². The first kappa shape index (κ1) is 10.5. The normalized spacial score (nSPS) is 17.4. The summed E-state index contributed by atoms with van der Waals surface area (Å²) in [5, 5.41) is 0. The molecular weight excluding hydrogens is 186 g/mol. The van der Waals surface area contributed by atoms with Gasteiger partial charge >= 0.3 is 0 Å². The van der Waals surface area contributed by atoms with Gasteiger partial charge in [-0.15, -0.1) is 0 Å². The van der Waals surface area contributed by atoms with Crippen LogP contribution in [0.5, 0.6) is 0 Å². The molecule has 82 valence electrons. The second-order valence-corrected chi connectivity index (χ2v) is 4.26. The van der Waals surface area contributed by atoms with Gasteiger partial charge in [0.1, 0.15) is 0 Å². The quantitative estimate of drug-likeness (QED) is 0.758. The van der Waals surface area contributed by atoms with Crippen LogP contribution in [-0.4, -0.2) is 20.1 Å². The number of aryl methyl sites for hydroxylation is 1. The number of fused-ring (bicyclic) bond motifs is 1. The van der Waals surface area contributed by atoms with Crippen LogP contribution in [0.4, 0.5) is 5.69 Å². The molecule has 2 rings (SSSR count). The minimum absolute atomic E-state index is 0.0254. The van der Waals surface area contributed by atoms with E-state index in [-0.39, 0.29) is 6.04 Å². The molecule has 1 aromatic rings. The van der Waals surface area contributed by atoms with Crippen LogP contribution in [0.15, 0.2) is 18.2 Å². The molecule has 3 nitrogen and oxygen atoms in total. The van der Waals surface area contributed by atoms with Crippen LogP contribution in [-0.2, 0) is 6.42 Å². The molecule has 0 saturated heterocycles. The molecule has 1 atom stereocenters. The monoisotopic (exact) mass is 205 g/mol. The first-order chi connectivity index (χ1) is 7.22. The zero-order chi connectivity index (χ0) is 10.8. The van der Waals surface area contributed by atoms with Gasteiger partial charge in [0.05, 0.1) is 0 Å². The Balaban J connectivity index is 2.33. The van der Waals surface area contributed by atoms with Crippen molar-refractivity contribution in [2.24, 2.45) is 11.5 Å². The third-order valence-corrected chi connectivity index (χ3v) is 3.14. The lowest BCUT2D eigenvalue weighted by Crippen LogP contribution is -2.26. The summed E-state index contributed by atoms with van der Waals surface area (Å²) < 4.78 is 0. The minimum atomic E-state index is -0.0254. The molecule has 0 saturated carbocycles. The minimum Gasteiger partial charge on any atom is -0.374 e. The summed E-state index contributed by atoms with van der Waals surface area (Å²) in [6, 6.07) is 6.45. The third-order valence-electron chi connectivity index (χ3n) is 3.14. The summed E-state index contributed by atoms with van der Waals surface area (Å²) in [5.74, 6) is 0. The summed E-state index contributed by atoms with van der Waals surface area (Å²) in [5.41, 5.74) is 15.4. The molecule has 1 aliphatic rings. The Morgan fingerprint density at radius 2 is 2.27 bits per heavy atom. The highest BCUT2D eigenvalue weighted by molar-refractivity contribution is 5.56. The van der Waals surface area contributed by atoms with Crippen molar-refractivity contribution in [2.75, 3.05) is 25.0 Å². The van der Waals surface area contributed by atoms with Crippen LogP contribution in [0.3, 0.4) is 0 Å². The molecule has 0 bridgehead atoms. The van der Waals surface area contributed by atoms with Crippen LogP contribution >= 0.6 is 0 Å². The topological polar surface area (TPSA) is 55.3 Å². The number of nitrogens with zero attached hydrogens (tertiary/aromatic N) is 1. The van der Waals surface area contributed by atoms with E-state index >= 15 is 0 Å². The zero-order valence-electron chi connectivity index (χ0n) is 9.24. The van der Waals surface area contributed by atoms with Crippen LogP contribution in [0.25, 0.3) is 0 Å². The van der Waals surface area contributed by atoms with Gasteiger partial charge in [0.25, 0.3) is 0 Å². The van der Waals surface area contributed by atoms with Crippen LogP contribution < -0.4 is 16.4 Å². The molecule has 0 aliphatic carbocycles. The van der Waals surface area contributed by atoms with Crippen molar-refractivity contribution in [3.8, 4) is 0 Å². The van der Waals surface area contributed by atoms with Gasteiger partial charge in [-0.2, -0.15) is 0 Å². The van der Waals surface area contributed by atoms with Gasteiger partial charge in [-0.05, 0) is 30.0 Å². The highest BCUT2D eigenvalue weighted by Crippen LogP contribution is 2.28. The van der Waals surface area contributed by atoms with E-state index in [9.17, 15) is 0 Å². The number of nitrogens with two attached hydrogens (primary N) is 2. The molecule has 3 heteroatoms. The lowest BCUT2D eigenvalue weighted by Gasteiger charge is -2.28. The molecule has 0 fully saturated rings. The first-order valence-electron chi connectivity index (χ1n) is 5.52. The summed E-state index contributed by atoms with van der Waals surface area (Å²) in [4.78, 5) is 2.30. The van der Waals surface area contributed by atoms with Gasteiger partial charge in [0, 0.05) is 31.9 Å². The van der Waals surface area contributed by atoms with Gasteiger partial charge in [0.2, 0.25) is 0 Å². The average molecular weight is 205 g/mol. The van der Waals surface area contributed by atoms with Gasteiger partial charge < -0.3 is 16.4 Å². The number of rotatable bonds is 2. The Bertz CT molecular complexity index is 349. The van der Waals surface area contributed by atoms with Crippen molar-refractivity contribution in [3.63, 3.8) is 0 Å². The van der Waals surface area contributed by atoms with Crippen molar-refractivity contribution in [3.05, 3.63) is 29.3 Å². The molecule has 0 amide bonds. The fraction of sp³-hybridized carbons (Fsp3) is 0.500. The number of anilines is 1. The van der Waals surface area contributed by atoms with Crippen molar-refractivity contribution >= 4 is 5.69 Å². The average Bonchev–Trinajstić information content (AvgIpc) is 2.28. The first-order valence-corrected chi connectivity index (χ1v) is 5.52. The van der Waals surface area contributed by atoms with Gasteiger partial charge in [-0.3, -0.25) is 0 Å². The van der Waals surface area contributed by atoms with E-state index in [1.807, 2.05) is 0 Å². The van der Waals surface area contributed by atoms with Crippen molar-refractivity contribution in [1.29, 1.82) is 0 Å². The predicted molar refractivity (Wildman–Crippen MR) is 64.0 cm³/mol. The van der Waals surface area contributed by atoms with Crippen molar-refractivity contribution in [1.82, 2.24) is 0 Å². The van der Waals surface area contributed by atoms with Crippen LogP contribution in [0.2, 0.25) is 0 Å². The number of hydrogen-bond acceptors (Lipinski definition) is 3. The Morgan fingerprint density at radius 1 is 1.47 bits per heavy atom. The maximum absolute atomic E-state index is 5.92. The summed E-state index contributed by atoms with van der Waals surface area (Å²) >= 11 is 0. The number of benzene rings is 1. The summed E-state index contributed by atoms with van der Waals surface area (Å²) in [6.07, 6.45) is 2.38. The second kappa shape index (κ2) is 4.21. The molecule has 0 aromatic heterocycles. The molecule has 1 heterocycles. The number of hydrogen-bond donors (Lipinski definition) is 2. The van der Waals surface area contributed by atoms with E-state index in [0.29, 0.717) is 6.54 Å². The molecular formula is C12H19N3.